The molecule has 0 saturated carbocycles. The third-order valence-corrected chi connectivity index (χ3v) is 4.44. The Morgan fingerprint density at radius 2 is 1.95 bits per heavy atom. The lowest BCUT2D eigenvalue weighted by atomic mass is 10.2. The molecule has 0 bridgehead atoms. The first-order valence-corrected chi connectivity index (χ1v) is 7.75. The van der Waals surface area contributed by atoms with Crippen LogP contribution in [0.4, 0.5) is 0 Å². The summed E-state index contributed by atoms with van der Waals surface area (Å²) >= 11 is 0. The van der Waals surface area contributed by atoms with Crippen LogP contribution in [0.2, 0.25) is 0 Å². The summed E-state index contributed by atoms with van der Waals surface area (Å²) in [4.78, 5) is 16.2. The smallest absolute Gasteiger partial charge is 0.233 e. The maximum atomic E-state index is 11.0. The second-order valence-electron chi connectivity index (χ2n) is 5.86. The van der Waals surface area contributed by atoms with Gasteiger partial charge in [0, 0.05) is 19.0 Å². The number of unbranched alkanes of at least 4 members (excludes halogenated alkanes) is 2. The van der Waals surface area contributed by atoms with Crippen molar-refractivity contribution in [2.45, 2.75) is 51.0 Å². The van der Waals surface area contributed by atoms with E-state index in [9.17, 15) is 4.79 Å². The number of hydrogen-bond acceptors (Lipinski definition) is 4. The van der Waals surface area contributed by atoms with Gasteiger partial charge < -0.3 is 4.90 Å². The van der Waals surface area contributed by atoms with E-state index in [-0.39, 0.29) is 5.91 Å². The van der Waals surface area contributed by atoms with Gasteiger partial charge in [-0.25, -0.2) is 5.84 Å². The zero-order valence-electron chi connectivity index (χ0n) is 11.9. The van der Waals surface area contributed by atoms with Gasteiger partial charge in [-0.1, -0.05) is 6.42 Å². The van der Waals surface area contributed by atoms with Crippen molar-refractivity contribution in [1.29, 1.82) is 0 Å². The molecule has 2 heterocycles. The van der Waals surface area contributed by atoms with E-state index in [4.69, 9.17) is 5.84 Å². The predicted molar refractivity (Wildman–Crippen MR) is 76.5 cm³/mol. The summed E-state index contributed by atoms with van der Waals surface area (Å²) in [7, 11) is 0. The van der Waals surface area contributed by atoms with Gasteiger partial charge in [0.15, 0.2) is 0 Å². The molecule has 0 aromatic heterocycles. The van der Waals surface area contributed by atoms with E-state index in [1.165, 1.54) is 58.4 Å². The predicted octanol–water partition coefficient (Wildman–Crippen LogP) is 0.707. The van der Waals surface area contributed by atoms with Gasteiger partial charge in [0.1, 0.15) is 0 Å². The Morgan fingerprint density at radius 3 is 2.68 bits per heavy atom. The van der Waals surface area contributed by atoms with Gasteiger partial charge >= 0.3 is 0 Å². The highest BCUT2D eigenvalue weighted by molar-refractivity contribution is 5.74. The van der Waals surface area contributed by atoms with Crippen molar-refractivity contribution in [2.75, 3.05) is 32.7 Å². The van der Waals surface area contributed by atoms with Crippen LogP contribution in [-0.4, -0.2) is 54.5 Å². The van der Waals surface area contributed by atoms with Crippen molar-refractivity contribution in [3.05, 3.63) is 0 Å². The molecule has 2 aliphatic rings. The molecule has 5 heteroatoms. The minimum Gasteiger partial charge on any atom is -0.302 e. The highest BCUT2D eigenvalue weighted by Crippen LogP contribution is 2.20. The average Bonchev–Trinajstić information content (AvgIpc) is 3.08. The first kappa shape index (κ1) is 14.8. The van der Waals surface area contributed by atoms with E-state index in [2.05, 4.69) is 15.2 Å². The number of nitrogens with one attached hydrogen (secondary N) is 1. The highest BCUT2D eigenvalue weighted by atomic mass is 16.2. The number of nitrogens with two attached hydrogens (primary N) is 1. The average molecular weight is 268 g/mol. The maximum Gasteiger partial charge on any atom is 0.233 e. The van der Waals surface area contributed by atoms with Gasteiger partial charge in [0.05, 0.1) is 0 Å². The van der Waals surface area contributed by atoms with Crippen molar-refractivity contribution >= 4 is 5.91 Å². The summed E-state index contributed by atoms with van der Waals surface area (Å²) in [5.41, 5.74) is 2.18. The fraction of sp³-hybridized carbons (Fsp3) is 0.929. The molecule has 0 spiro atoms. The first-order valence-electron chi connectivity index (χ1n) is 7.75. The highest BCUT2D eigenvalue weighted by Gasteiger charge is 2.28. The summed E-state index contributed by atoms with van der Waals surface area (Å²) in [6.07, 6.45) is 7.96. The molecule has 1 amide bonds. The van der Waals surface area contributed by atoms with Crippen LogP contribution in [0.5, 0.6) is 0 Å². The normalized spacial score (nSPS) is 25.0. The molecule has 0 radical (unpaired) electrons. The largest absolute Gasteiger partial charge is 0.302 e. The van der Waals surface area contributed by atoms with Gasteiger partial charge in [-0.15, -0.1) is 0 Å². The summed E-state index contributed by atoms with van der Waals surface area (Å²) in [6.45, 7) is 6.32. The number of rotatable bonds is 7. The van der Waals surface area contributed by atoms with Gasteiger partial charge in [0.2, 0.25) is 5.91 Å². The third kappa shape index (κ3) is 4.75. The van der Waals surface area contributed by atoms with Crippen molar-refractivity contribution in [3.8, 4) is 0 Å². The van der Waals surface area contributed by atoms with E-state index < -0.39 is 0 Å². The Hall–Kier alpha value is -0.650. The minimum absolute atomic E-state index is 0.0460. The molecule has 5 nitrogen and oxygen atoms in total. The molecule has 1 unspecified atom stereocenters. The molecule has 1 atom stereocenters. The SMILES string of the molecule is NNC(=O)CCCCCN1CCC(N2CCCC2)C1. The molecule has 3 N–H and O–H groups in total. The van der Waals surface area contributed by atoms with Crippen LogP contribution in [0.1, 0.15) is 44.9 Å². The summed E-state index contributed by atoms with van der Waals surface area (Å²) in [5, 5.41) is 0. The number of hydrazine groups is 1. The van der Waals surface area contributed by atoms with Crippen molar-refractivity contribution in [2.24, 2.45) is 5.84 Å². The van der Waals surface area contributed by atoms with Crippen LogP contribution in [0.3, 0.4) is 0 Å². The summed E-state index contributed by atoms with van der Waals surface area (Å²) < 4.78 is 0. The van der Waals surface area contributed by atoms with Crippen molar-refractivity contribution in [1.82, 2.24) is 15.2 Å². The van der Waals surface area contributed by atoms with Crippen LogP contribution in [0, 0.1) is 0 Å². The number of nitrogens with zero attached hydrogens (tertiary/aromatic N) is 2. The third-order valence-electron chi connectivity index (χ3n) is 4.44. The lowest BCUT2D eigenvalue weighted by Crippen LogP contribution is -2.35. The Bertz CT molecular complexity index is 279. The van der Waals surface area contributed by atoms with E-state index >= 15 is 0 Å². The standard InChI is InChI=1S/C14H28N4O/c15-16-14(19)6-2-1-3-8-17-11-7-13(12-17)18-9-4-5-10-18/h13H,1-12,15H2,(H,16,19). The van der Waals surface area contributed by atoms with Gasteiger partial charge in [-0.3, -0.25) is 15.1 Å². The molecular weight excluding hydrogens is 240 g/mol. The molecule has 2 saturated heterocycles. The molecule has 2 rings (SSSR count). The second-order valence-corrected chi connectivity index (χ2v) is 5.86. The fourth-order valence-corrected chi connectivity index (χ4v) is 3.29. The molecule has 0 aromatic rings. The second kappa shape index (κ2) is 7.82. The molecule has 2 aliphatic heterocycles. The lowest BCUT2D eigenvalue weighted by Gasteiger charge is -2.23. The summed E-state index contributed by atoms with van der Waals surface area (Å²) in [6, 6.07) is 0.811. The number of amides is 1. The molecule has 0 aliphatic carbocycles. The Balaban J connectivity index is 1.51. The topological polar surface area (TPSA) is 61.6 Å². The van der Waals surface area contributed by atoms with E-state index in [1.807, 2.05) is 0 Å². The Kier molecular flexibility index (Phi) is 6.07. The molecule has 2 fully saturated rings. The fourth-order valence-electron chi connectivity index (χ4n) is 3.29. The van der Waals surface area contributed by atoms with Crippen LogP contribution >= 0.6 is 0 Å². The quantitative estimate of drug-likeness (QED) is 0.309. The Morgan fingerprint density at radius 1 is 1.16 bits per heavy atom. The van der Waals surface area contributed by atoms with Crippen molar-refractivity contribution < 1.29 is 4.79 Å². The van der Waals surface area contributed by atoms with Gasteiger partial charge in [-0.05, 0) is 58.3 Å². The molecule has 19 heavy (non-hydrogen) atoms. The van der Waals surface area contributed by atoms with Crippen molar-refractivity contribution in [3.63, 3.8) is 0 Å². The number of carbonyl (C=O) groups is 1. The van der Waals surface area contributed by atoms with E-state index in [0.29, 0.717) is 6.42 Å². The van der Waals surface area contributed by atoms with Crippen LogP contribution in [0.25, 0.3) is 0 Å². The van der Waals surface area contributed by atoms with Gasteiger partial charge in [-0.2, -0.15) is 0 Å². The lowest BCUT2D eigenvalue weighted by molar-refractivity contribution is -0.121. The summed E-state index contributed by atoms with van der Waals surface area (Å²) in [5.74, 6) is 5.00. The van der Waals surface area contributed by atoms with E-state index in [0.717, 1.165) is 18.9 Å². The van der Waals surface area contributed by atoms with Crippen LogP contribution in [-0.2, 0) is 4.79 Å². The Labute approximate surface area is 116 Å². The first-order chi connectivity index (χ1) is 9.29. The van der Waals surface area contributed by atoms with E-state index in [1.54, 1.807) is 0 Å². The number of carbonyl (C=O) groups excluding carboxylic acids is 1. The number of hydrogen-bond donors (Lipinski definition) is 2. The molecular formula is C14H28N4O. The molecule has 0 aromatic carbocycles. The van der Waals surface area contributed by atoms with Crippen LogP contribution < -0.4 is 11.3 Å². The maximum absolute atomic E-state index is 11.0. The monoisotopic (exact) mass is 268 g/mol. The zero-order valence-corrected chi connectivity index (χ0v) is 11.9. The minimum atomic E-state index is -0.0460. The van der Waals surface area contributed by atoms with Gasteiger partial charge in [0.25, 0.3) is 0 Å². The molecule has 110 valence electrons. The number of likely N-dealkylation sites (tertiary alicyclic amines) is 2. The van der Waals surface area contributed by atoms with Crippen LogP contribution in [0.15, 0.2) is 0 Å². The zero-order chi connectivity index (χ0) is 13.5.